The number of amides is 3. The van der Waals surface area contributed by atoms with Crippen molar-refractivity contribution < 1.29 is 14.4 Å². The molecule has 0 radical (unpaired) electrons. The second kappa shape index (κ2) is 8.84. The van der Waals surface area contributed by atoms with Gasteiger partial charge >= 0.3 is 0 Å². The van der Waals surface area contributed by atoms with Gasteiger partial charge < -0.3 is 16.0 Å². The molecule has 0 saturated heterocycles. The number of aryl methyl sites for hydroxylation is 1. The SMILES string of the molecule is CCc1nn2c(c1-c1ccc(Cl)cc1)NC(=O)C2CC(=O)Nc1ccc(NC(C)=O)cc1. The Bertz CT molecular complexity index is 1190. The minimum atomic E-state index is -0.741. The average Bonchev–Trinajstić information content (AvgIpc) is 3.25. The monoisotopic (exact) mass is 451 g/mol. The topological polar surface area (TPSA) is 105 Å². The van der Waals surface area contributed by atoms with Gasteiger partial charge in [-0.15, -0.1) is 0 Å². The molecule has 1 aliphatic rings. The fourth-order valence-corrected chi connectivity index (χ4v) is 3.84. The van der Waals surface area contributed by atoms with Crippen LogP contribution in [0, 0.1) is 0 Å². The lowest BCUT2D eigenvalue weighted by atomic mass is 10.0. The maximum absolute atomic E-state index is 12.7. The standard InChI is InChI=1S/C23H22ClN5O3/c1-3-18-21(14-4-6-15(24)7-5-14)22-27-23(32)19(29(22)28-18)12-20(31)26-17-10-8-16(9-11-17)25-13(2)30/h4-11,19H,3,12H2,1-2H3,(H,25,30)(H,26,31)(H,27,32). The van der Waals surface area contributed by atoms with E-state index in [1.54, 1.807) is 41.1 Å². The van der Waals surface area contributed by atoms with E-state index in [2.05, 4.69) is 21.0 Å². The molecule has 0 saturated carbocycles. The highest BCUT2D eigenvalue weighted by atomic mass is 35.5. The third-order valence-corrected chi connectivity index (χ3v) is 5.41. The Labute approximate surface area is 190 Å². The third-order valence-electron chi connectivity index (χ3n) is 5.16. The average molecular weight is 452 g/mol. The van der Waals surface area contributed by atoms with Gasteiger partial charge in [-0.3, -0.25) is 14.4 Å². The van der Waals surface area contributed by atoms with Crippen LogP contribution in [0.5, 0.6) is 0 Å². The van der Waals surface area contributed by atoms with Gasteiger partial charge in [0, 0.05) is 28.9 Å². The fraction of sp³-hybridized carbons (Fsp3) is 0.217. The molecule has 0 spiro atoms. The number of hydrogen-bond donors (Lipinski definition) is 3. The first-order valence-corrected chi connectivity index (χ1v) is 10.6. The summed E-state index contributed by atoms with van der Waals surface area (Å²) in [5, 5.41) is 13.6. The van der Waals surface area contributed by atoms with Gasteiger partial charge in [-0.25, -0.2) is 4.68 Å². The van der Waals surface area contributed by atoms with Crippen LogP contribution in [0.15, 0.2) is 48.5 Å². The summed E-state index contributed by atoms with van der Waals surface area (Å²) in [6.45, 7) is 3.42. The molecular weight excluding hydrogens is 430 g/mol. The first-order valence-electron chi connectivity index (χ1n) is 10.2. The van der Waals surface area contributed by atoms with Crippen LogP contribution in [0.1, 0.15) is 32.0 Å². The Balaban J connectivity index is 1.52. The molecule has 164 valence electrons. The number of anilines is 3. The van der Waals surface area contributed by atoms with E-state index in [4.69, 9.17) is 11.6 Å². The summed E-state index contributed by atoms with van der Waals surface area (Å²) in [4.78, 5) is 36.4. The quantitative estimate of drug-likeness (QED) is 0.521. The summed E-state index contributed by atoms with van der Waals surface area (Å²) >= 11 is 6.01. The second-order valence-corrected chi connectivity index (χ2v) is 7.93. The summed E-state index contributed by atoms with van der Waals surface area (Å²) in [5.41, 5.74) is 3.78. The van der Waals surface area contributed by atoms with Crippen LogP contribution in [-0.4, -0.2) is 27.5 Å². The van der Waals surface area contributed by atoms with Gasteiger partial charge in [0.1, 0.15) is 11.9 Å². The highest BCUT2D eigenvalue weighted by molar-refractivity contribution is 6.30. The molecule has 1 atom stereocenters. The molecule has 2 aromatic carbocycles. The molecule has 2 heterocycles. The first kappa shape index (κ1) is 21.6. The molecule has 3 aromatic rings. The number of hydrogen-bond acceptors (Lipinski definition) is 4. The van der Waals surface area contributed by atoms with Crippen LogP contribution < -0.4 is 16.0 Å². The minimum absolute atomic E-state index is 0.0584. The van der Waals surface area contributed by atoms with Crippen molar-refractivity contribution in [1.82, 2.24) is 9.78 Å². The molecule has 0 fully saturated rings. The number of rotatable bonds is 6. The molecule has 1 aliphatic heterocycles. The third kappa shape index (κ3) is 4.36. The molecule has 8 nitrogen and oxygen atoms in total. The molecule has 3 N–H and O–H groups in total. The van der Waals surface area contributed by atoms with E-state index >= 15 is 0 Å². The van der Waals surface area contributed by atoms with Crippen molar-refractivity contribution >= 4 is 46.5 Å². The van der Waals surface area contributed by atoms with Crippen molar-refractivity contribution in [3.63, 3.8) is 0 Å². The van der Waals surface area contributed by atoms with E-state index in [9.17, 15) is 14.4 Å². The van der Waals surface area contributed by atoms with Crippen molar-refractivity contribution in [2.24, 2.45) is 0 Å². The van der Waals surface area contributed by atoms with E-state index in [0.29, 0.717) is 28.6 Å². The Morgan fingerprint density at radius 3 is 2.28 bits per heavy atom. The number of aromatic nitrogens is 2. The summed E-state index contributed by atoms with van der Waals surface area (Å²) in [6, 6.07) is 13.4. The van der Waals surface area contributed by atoms with Crippen molar-refractivity contribution in [2.75, 3.05) is 16.0 Å². The molecule has 1 unspecified atom stereocenters. The van der Waals surface area contributed by atoms with Crippen molar-refractivity contribution in [3.05, 3.63) is 59.2 Å². The first-order chi connectivity index (χ1) is 15.4. The van der Waals surface area contributed by atoms with E-state index in [1.807, 2.05) is 19.1 Å². The fourth-order valence-electron chi connectivity index (χ4n) is 3.71. The van der Waals surface area contributed by atoms with Gasteiger partial charge in [-0.2, -0.15) is 5.10 Å². The molecular formula is C23H22ClN5O3. The van der Waals surface area contributed by atoms with Crippen LogP contribution in [0.4, 0.5) is 17.2 Å². The number of carbonyl (C=O) groups is 3. The maximum atomic E-state index is 12.7. The van der Waals surface area contributed by atoms with Crippen LogP contribution >= 0.6 is 11.6 Å². The zero-order chi connectivity index (χ0) is 22.8. The lowest BCUT2D eigenvalue weighted by Crippen LogP contribution is -2.24. The van der Waals surface area contributed by atoms with E-state index in [-0.39, 0.29) is 24.1 Å². The summed E-state index contributed by atoms with van der Waals surface area (Å²) in [7, 11) is 0. The summed E-state index contributed by atoms with van der Waals surface area (Å²) in [6.07, 6.45) is 0.616. The number of benzene rings is 2. The van der Waals surface area contributed by atoms with Crippen LogP contribution in [-0.2, 0) is 20.8 Å². The van der Waals surface area contributed by atoms with Gasteiger partial charge in [0.15, 0.2) is 0 Å². The van der Waals surface area contributed by atoms with Gasteiger partial charge in [0.2, 0.25) is 11.8 Å². The number of carbonyl (C=O) groups excluding carboxylic acids is 3. The lowest BCUT2D eigenvalue weighted by molar-refractivity contribution is -0.123. The summed E-state index contributed by atoms with van der Waals surface area (Å²) < 4.78 is 1.60. The number of nitrogens with one attached hydrogen (secondary N) is 3. The van der Waals surface area contributed by atoms with E-state index in [0.717, 1.165) is 16.8 Å². The predicted molar refractivity (Wildman–Crippen MR) is 124 cm³/mol. The van der Waals surface area contributed by atoms with E-state index in [1.165, 1.54) is 6.92 Å². The Morgan fingerprint density at radius 2 is 1.69 bits per heavy atom. The van der Waals surface area contributed by atoms with Crippen molar-refractivity contribution in [3.8, 4) is 11.1 Å². The van der Waals surface area contributed by atoms with Gasteiger partial charge in [0.05, 0.1) is 12.1 Å². The summed E-state index contributed by atoms with van der Waals surface area (Å²) in [5.74, 6) is -0.173. The van der Waals surface area contributed by atoms with Gasteiger partial charge in [-0.05, 0) is 48.4 Å². The highest BCUT2D eigenvalue weighted by Gasteiger charge is 2.36. The van der Waals surface area contributed by atoms with E-state index < -0.39 is 6.04 Å². The molecule has 0 aliphatic carbocycles. The molecule has 1 aromatic heterocycles. The van der Waals surface area contributed by atoms with Crippen LogP contribution in [0.25, 0.3) is 11.1 Å². The molecule has 4 rings (SSSR count). The van der Waals surface area contributed by atoms with Gasteiger partial charge in [-0.1, -0.05) is 30.7 Å². The zero-order valence-electron chi connectivity index (χ0n) is 17.6. The van der Waals surface area contributed by atoms with Crippen molar-refractivity contribution in [2.45, 2.75) is 32.7 Å². The van der Waals surface area contributed by atoms with Gasteiger partial charge in [0.25, 0.3) is 5.91 Å². The minimum Gasteiger partial charge on any atom is -0.326 e. The zero-order valence-corrected chi connectivity index (χ0v) is 18.4. The Morgan fingerprint density at radius 1 is 1.06 bits per heavy atom. The molecule has 32 heavy (non-hydrogen) atoms. The predicted octanol–water partition coefficient (Wildman–Crippen LogP) is 4.25. The lowest BCUT2D eigenvalue weighted by Gasteiger charge is -2.11. The molecule has 0 bridgehead atoms. The van der Waals surface area contributed by atoms with Crippen LogP contribution in [0.2, 0.25) is 5.02 Å². The van der Waals surface area contributed by atoms with Crippen molar-refractivity contribution in [1.29, 1.82) is 0 Å². The largest absolute Gasteiger partial charge is 0.326 e. The number of fused-ring (bicyclic) bond motifs is 1. The number of nitrogens with zero attached hydrogens (tertiary/aromatic N) is 2. The normalized spacial score (nSPS) is 14.6. The molecule has 3 amide bonds. The highest BCUT2D eigenvalue weighted by Crippen LogP contribution is 2.39. The second-order valence-electron chi connectivity index (χ2n) is 7.49. The maximum Gasteiger partial charge on any atom is 0.251 e. The molecule has 9 heteroatoms. The smallest absolute Gasteiger partial charge is 0.251 e. The number of halogens is 1. The van der Waals surface area contributed by atoms with Crippen LogP contribution in [0.3, 0.4) is 0 Å². The Hall–Kier alpha value is -3.65. The Kier molecular flexibility index (Phi) is 5.96.